The number of nitrogens with zero attached hydrogens (tertiary/aromatic N) is 1. The van der Waals surface area contributed by atoms with Gasteiger partial charge in [-0.05, 0) is 29.2 Å². The molecule has 1 heterocycles. The van der Waals surface area contributed by atoms with Crippen LogP contribution in [0.5, 0.6) is 0 Å². The molecule has 0 saturated carbocycles. The minimum absolute atomic E-state index is 0.0487. The fourth-order valence-corrected chi connectivity index (χ4v) is 4.79. The van der Waals surface area contributed by atoms with Crippen LogP contribution >= 0.6 is 11.3 Å². The Kier molecular flexibility index (Phi) is 6.79. The summed E-state index contributed by atoms with van der Waals surface area (Å²) in [5.41, 5.74) is 3.84. The second kappa shape index (κ2) is 9.79. The Morgan fingerprint density at radius 3 is 2.23 bits per heavy atom. The molecule has 0 unspecified atom stereocenters. The van der Waals surface area contributed by atoms with Crippen molar-refractivity contribution in [3.63, 3.8) is 0 Å². The van der Waals surface area contributed by atoms with Crippen molar-refractivity contribution in [2.75, 3.05) is 13.2 Å². The number of halogens is 2. The summed E-state index contributed by atoms with van der Waals surface area (Å²) in [5.74, 6) is -7.00. The lowest BCUT2D eigenvalue weighted by molar-refractivity contribution is -0.144. The normalized spacial score (nSPS) is 12.5. The van der Waals surface area contributed by atoms with Crippen LogP contribution in [0.25, 0.3) is 11.1 Å². The molecule has 0 aliphatic heterocycles. The minimum Gasteiger partial charge on any atom is -0.476 e. The number of carboxylic acid groups (broad SMARTS) is 1. The molecule has 0 bridgehead atoms. The summed E-state index contributed by atoms with van der Waals surface area (Å²) < 4.78 is 33.7. The van der Waals surface area contributed by atoms with Gasteiger partial charge >= 0.3 is 18.0 Å². The van der Waals surface area contributed by atoms with E-state index in [-0.39, 0.29) is 29.8 Å². The zero-order valence-electron chi connectivity index (χ0n) is 18.5. The Labute approximate surface area is 203 Å². The molecule has 4 rings (SSSR count). The van der Waals surface area contributed by atoms with Gasteiger partial charge in [0.15, 0.2) is 5.69 Å². The number of benzene rings is 2. The number of ether oxygens (including phenoxy) is 1. The predicted octanol–water partition coefficient (Wildman–Crippen LogP) is 3.94. The Bertz CT molecular complexity index is 1250. The molecule has 0 spiro atoms. The smallest absolute Gasteiger partial charge is 0.407 e. The molecule has 1 aromatic heterocycles. The number of aromatic nitrogens is 1. The molecule has 2 aromatic carbocycles. The molecule has 0 radical (unpaired) electrons. The van der Waals surface area contributed by atoms with E-state index in [0.717, 1.165) is 33.6 Å². The van der Waals surface area contributed by atoms with Crippen molar-refractivity contribution in [3.8, 4) is 11.1 Å². The van der Waals surface area contributed by atoms with Gasteiger partial charge < -0.3 is 20.5 Å². The number of aryl methyl sites for hydroxylation is 1. The molecule has 0 saturated heterocycles. The molecular weight excluding hydrogens is 480 g/mol. The number of carboxylic acids is 1. The van der Waals surface area contributed by atoms with Crippen LogP contribution in [0.4, 0.5) is 13.6 Å². The van der Waals surface area contributed by atoms with Crippen LogP contribution in [0.1, 0.15) is 37.4 Å². The molecule has 0 atom stereocenters. The van der Waals surface area contributed by atoms with Gasteiger partial charge in [-0.1, -0.05) is 48.5 Å². The molecule has 1 aliphatic rings. The maximum absolute atomic E-state index is 14.2. The van der Waals surface area contributed by atoms with Crippen molar-refractivity contribution in [2.45, 2.75) is 25.3 Å². The minimum atomic E-state index is -3.91. The Hall–Kier alpha value is -3.86. The fraction of sp³-hybridized carbons (Fsp3) is 0.250. The van der Waals surface area contributed by atoms with Crippen LogP contribution in [0, 0.1) is 6.92 Å². The number of alkyl halides is 2. The number of hydrogen-bond donors (Lipinski definition) is 3. The summed E-state index contributed by atoms with van der Waals surface area (Å²) in [6.45, 7) is -0.142. The van der Waals surface area contributed by atoms with Crippen molar-refractivity contribution in [1.82, 2.24) is 15.6 Å². The number of amides is 2. The first kappa shape index (κ1) is 24.3. The van der Waals surface area contributed by atoms with E-state index in [9.17, 15) is 23.2 Å². The molecule has 1 aliphatic carbocycles. The maximum Gasteiger partial charge on any atom is 0.407 e. The van der Waals surface area contributed by atoms with Gasteiger partial charge in [-0.2, -0.15) is 8.78 Å². The van der Waals surface area contributed by atoms with Crippen molar-refractivity contribution in [2.24, 2.45) is 0 Å². The molecule has 8 nitrogen and oxygen atoms in total. The summed E-state index contributed by atoms with van der Waals surface area (Å²) in [7, 11) is 0. The van der Waals surface area contributed by atoms with Gasteiger partial charge in [-0.15, -0.1) is 11.3 Å². The maximum atomic E-state index is 14.2. The third-order valence-corrected chi connectivity index (χ3v) is 6.55. The quantitative estimate of drug-likeness (QED) is 0.430. The fourth-order valence-electron chi connectivity index (χ4n) is 3.92. The largest absolute Gasteiger partial charge is 0.476 e. The zero-order chi connectivity index (χ0) is 25.2. The van der Waals surface area contributed by atoms with E-state index < -0.39 is 30.4 Å². The summed E-state index contributed by atoms with van der Waals surface area (Å²) in [6, 6.07) is 15.4. The van der Waals surface area contributed by atoms with E-state index in [1.54, 1.807) is 0 Å². The van der Waals surface area contributed by atoms with Crippen molar-refractivity contribution in [3.05, 3.63) is 75.2 Å². The van der Waals surface area contributed by atoms with E-state index in [0.29, 0.717) is 4.88 Å². The number of fused-ring (bicyclic) bond motifs is 3. The molecule has 35 heavy (non-hydrogen) atoms. The highest BCUT2D eigenvalue weighted by molar-refractivity contribution is 7.11. The number of carbonyl (C=O) groups is 3. The lowest BCUT2D eigenvalue weighted by atomic mass is 9.98. The Balaban J connectivity index is 1.29. The van der Waals surface area contributed by atoms with Gasteiger partial charge in [0.25, 0.3) is 5.91 Å². The SMILES string of the molecule is Cc1sc(CNC(=O)C(F)(F)CNC(=O)OCC2c3ccccc3-c3ccccc32)nc1C(=O)O. The van der Waals surface area contributed by atoms with Crippen LogP contribution in [-0.2, 0) is 16.1 Å². The number of nitrogens with one attached hydrogen (secondary N) is 2. The van der Waals surface area contributed by atoms with E-state index in [1.807, 2.05) is 59.2 Å². The van der Waals surface area contributed by atoms with Crippen molar-refractivity contribution < 1.29 is 33.0 Å². The van der Waals surface area contributed by atoms with Gasteiger partial charge in [0.1, 0.15) is 11.6 Å². The number of hydrogen-bond acceptors (Lipinski definition) is 6. The lowest BCUT2D eigenvalue weighted by Crippen LogP contribution is -2.48. The monoisotopic (exact) mass is 501 g/mol. The molecular formula is C24H21F2N3O5S. The number of carbonyl (C=O) groups excluding carboxylic acids is 2. The van der Waals surface area contributed by atoms with Gasteiger partial charge in [-0.25, -0.2) is 14.6 Å². The second-order valence-corrected chi connectivity index (χ2v) is 9.17. The molecule has 0 fully saturated rings. The van der Waals surface area contributed by atoms with E-state index in [1.165, 1.54) is 6.92 Å². The average molecular weight is 502 g/mol. The second-order valence-electron chi connectivity index (χ2n) is 7.88. The Morgan fingerprint density at radius 2 is 1.66 bits per heavy atom. The topological polar surface area (TPSA) is 118 Å². The predicted molar refractivity (Wildman–Crippen MR) is 124 cm³/mol. The van der Waals surface area contributed by atoms with E-state index in [2.05, 4.69) is 4.98 Å². The van der Waals surface area contributed by atoms with Crippen molar-refractivity contribution >= 4 is 29.3 Å². The third kappa shape index (κ3) is 5.14. The first-order valence-electron chi connectivity index (χ1n) is 10.6. The number of rotatable bonds is 8. The number of alkyl carbamates (subject to hydrolysis) is 1. The molecule has 3 aromatic rings. The zero-order valence-corrected chi connectivity index (χ0v) is 19.3. The number of aromatic carboxylic acids is 1. The highest BCUT2D eigenvalue weighted by atomic mass is 32.1. The Morgan fingerprint density at radius 1 is 1.06 bits per heavy atom. The van der Waals surface area contributed by atoms with Gasteiger partial charge in [0.05, 0.1) is 13.1 Å². The summed E-state index contributed by atoms with van der Waals surface area (Å²) in [5, 5.41) is 13.1. The van der Waals surface area contributed by atoms with Crippen LogP contribution in [0.3, 0.4) is 0 Å². The first-order chi connectivity index (χ1) is 16.7. The summed E-state index contributed by atoms with van der Waals surface area (Å²) in [4.78, 5) is 39.3. The first-order valence-corrected chi connectivity index (χ1v) is 11.4. The molecule has 11 heteroatoms. The van der Waals surface area contributed by atoms with Gasteiger partial charge in [-0.3, -0.25) is 4.79 Å². The van der Waals surface area contributed by atoms with Gasteiger partial charge in [0.2, 0.25) is 0 Å². The molecule has 3 N–H and O–H groups in total. The van der Waals surface area contributed by atoms with Gasteiger partial charge in [0, 0.05) is 10.8 Å². The standard InChI is InChI=1S/C24H21F2N3O5S/c1-13-20(21(30)31)29-19(35-13)10-27-22(32)24(25,26)12-28-23(33)34-11-18-16-8-4-2-6-14(16)15-7-3-5-9-17(15)18/h2-9,18H,10-12H2,1H3,(H,27,32)(H,28,33)(H,30,31). The summed E-state index contributed by atoms with van der Waals surface area (Å²) >= 11 is 0.981. The van der Waals surface area contributed by atoms with Crippen LogP contribution < -0.4 is 10.6 Å². The average Bonchev–Trinajstić information content (AvgIpc) is 3.37. The van der Waals surface area contributed by atoms with E-state index >= 15 is 0 Å². The lowest BCUT2D eigenvalue weighted by Gasteiger charge is -2.18. The van der Waals surface area contributed by atoms with Crippen molar-refractivity contribution in [1.29, 1.82) is 0 Å². The highest BCUT2D eigenvalue weighted by Crippen LogP contribution is 2.44. The summed E-state index contributed by atoms with van der Waals surface area (Å²) in [6.07, 6.45) is -1.07. The van der Waals surface area contributed by atoms with Crippen LogP contribution in [0.2, 0.25) is 0 Å². The van der Waals surface area contributed by atoms with Crippen LogP contribution in [0.15, 0.2) is 48.5 Å². The molecule has 2 amide bonds. The number of thiazole rings is 1. The third-order valence-electron chi connectivity index (χ3n) is 5.57. The highest BCUT2D eigenvalue weighted by Gasteiger charge is 2.39. The molecule has 182 valence electrons. The van der Waals surface area contributed by atoms with Crippen LogP contribution in [-0.4, -0.2) is 47.1 Å². The van der Waals surface area contributed by atoms with E-state index in [4.69, 9.17) is 9.84 Å².